The van der Waals surface area contributed by atoms with E-state index < -0.39 is 0 Å². The molecule has 1 heterocycles. The van der Waals surface area contributed by atoms with E-state index in [-0.39, 0.29) is 11.6 Å². The van der Waals surface area contributed by atoms with Gasteiger partial charge in [0.2, 0.25) is 0 Å². The van der Waals surface area contributed by atoms with Crippen LogP contribution in [0.15, 0.2) is 12.3 Å². The Hall–Kier alpha value is -0.870. The third-order valence-corrected chi connectivity index (χ3v) is 3.53. The summed E-state index contributed by atoms with van der Waals surface area (Å²) in [6.45, 7) is 10.3. The average molecular weight is 239 g/mol. The van der Waals surface area contributed by atoms with Crippen LogP contribution in [0.4, 0.5) is 0 Å². The van der Waals surface area contributed by atoms with Gasteiger partial charge in [-0.25, -0.2) is 0 Å². The van der Waals surface area contributed by atoms with Gasteiger partial charge in [0.25, 0.3) is 0 Å². The number of methoxy groups -OCH3 is 1. The fourth-order valence-electron chi connectivity index (χ4n) is 2.16. The van der Waals surface area contributed by atoms with Gasteiger partial charge in [-0.1, -0.05) is 13.8 Å². The van der Waals surface area contributed by atoms with Gasteiger partial charge in [-0.15, -0.1) is 0 Å². The van der Waals surface area contributed by atoms with E-state index in [2.05, 4.69) is 44.2 Å². The lowest BCUT2D eigenvalue weighted by Gasteiger charge is -2.36. The lowest BCUT2D eigenvalue weighted by Crippen LogP contribution is -2.43. The van der Waals surface area contributed by atoms with Gasteiger partial charge >= 0.3 is 0 Å². The van der Waals surface area contributed by atoms with Crippen molar-refractivity contribution in [3.63, 3.8) is 0 Å². The van der Waals surface area contributed by atoms with Gasteiger partial charge in [-0.3, -0.25) is 4.68 Å². The zero-order chi connectivity index (χ0) is 12.9. The summed E-state index contributed by atoms with van der Waals surface area (Å²) in [5.41, 5.74) is 0.990. The molecule has 0 saturated heterocycles. The molecule has 0 aliphatic carbocycles. The van der Waals surface area contributed by atoms with Gasteiger partial charge in [-0.2, -0.15) is 5.10 Å². The summed E-state index contributed by atoms with van der Waals surface area (Å²) >= 11 is 0. The van der Waals surface area contributed by atoms with Crippen molar-refractivity contribution in [1.29, 1.82) is 0 Å². The lowest BCUT2D eigenvalue weighted by molar-refractivity contribution is -0.0318. The number of nitrogens with zero attached hydrogens (tertiary/aromatic N) is 2. The molecular formula is C13H25N3O. The number of aryl methyl sites for hydroxylation is 1. The molecule has 0 aliphatic heterocycles. The van der Waals surface area contributed by atoms with Crippen LogP contribution in [0, 0.1) is 0 Å². The van der Waals surface area contributed by atoms with E-state index in [4.69, 9.17) is 4.74 Å². The summed E-state index contributed by atoms with van der Waals surface area (Å²) in [7, 11) is 1.78. The van der Waals surface area contributed by atoms with Gasteiger partial charge in [0.15, 0.2) is 0 Å². The minimum atomic E-state index is -0.205. The Morgan fingerprint density at radius 1 is 1.47 bits per heavy atom. The van der Waals surface area contributed by atoms with Crippen molar-refractivity contribution in [3.8, 4) is 0 Å². The molecule has 0 aliphatic rings. The predicted octanol–water partition coefficient (Wildman–Crippen LogP) is 2.37. The van der Waals surface area contributed by atoms with Crippen LogP contribution in [0.25, 0.3) is 0 Å². The molecule has 1 aromatic heterocycles. The first-order valence-corrected chi connectivity index (χ1v) is 6.43. The molecule has 98 valence electrons. The predicted molar refractivity (Wildman–Crippen MR) is 70.0 cm³/mol. The van der Waals surface area contributed by atoms with E-state index in [1.165, 1.54) is 5.69 Å². The van der Waals surface area contributed by atoms with Crippen molar-refractivity contribution < 1.29 is 4.74 Å². The van der Waals surface area contributed by atoms with E-state index in [1.54, 1.807) is 7.11 Å². The second kappa shape index (κ2) is 6.17. The molecule has 17 heavy (non-hydrogen) atoms. The Morgan fingerprint density at radius 3 is 2.65 bits per heavy atom. The van der Waals surface area contributed by atoms with Gasteiger partial charge in [0.1, 0.15) is 0 Å². The maximum atomic E-state index is 5.72. The largest absolute Gasteiger partial charge is 0.376 e. The van der Waals surface area contributed by atoms with Crippen LogP contribution >= 0.6 is 0 Å². The second-order valence-electron chi connectivity index (χ2n) is 4.43. The normalized spacial score (nSPS) is 16.8. The van der Waals surface area contributed by atoms with Crippen LogP contribution in [-0.4, -0.2) is 29.0 Å². The second-order valence-corrected chi connectivity index (χ2v) is 4.43. The van der Waals surface area contributed by atoms with Crippen molar-refractivity contribution in [2.24, 2.45) is 0 Å². The summed E-state index contributed by atoms with van der Waals surface area (Å²) in [5.74, 6) is 0. The topological polar surface area (TPSA) is 39.1 Å². The maximum absolute atomic E-state index is 5.72. The fourth-order valence-corrected chi connectivity index (χ4v) is 2.16. The minimum Gasteiger partial charge on any atom is -0.376 e. The standard InChI is InChI=1S/C13H25N3O/c1-6-13(4,17-5)12(14-7-2)11-9-10-15-16(11)8-3/h9-10,12,14H,6-8H2,1-5H3. The first-order chi connectivity index (χ1) is 8.12. The average Bonchev–Trinajstić information content (AvgIpc) is 2.82. The molecule has 4 nitrogen and oxygen atoms in total. The van der Waals surface area contributed by atoms with Crippen LogP contribution in [0.3, 0.4) is 0 Å². The fraction of sp³-hybridized carbons (Fsp3) is 0.769. The van der Waals surface area contributed by atoms with Crippen molar-refractivity contribution in [3.05, 3.63) is 18.0 Å². The molecule has 1 N–H and O–H groups in total. The molecule has 0 spiro atoms. The number of aromatic nitrogens is 2. The summed E-state index contributed by atoms with van der Waals surface area (Å²) in [5, 5.41) is 7.86. The third kappa shape index (κ3) is 2.87. The van der Waals surface area contributed by atoms with Crippen LogP contribution in [-0.2, 0) is 11.3 Å². The highest BCUT2D eigenvalue weighted by molar-refractivity contribution is 5.12. The zero-order valence-corrected chi connectivity index (χ0v) is 11.7. The molecule has 4 heteroatoms. The van der Waals surface area contributed by atoms with Gasteiger partial charge in [0.05, 0.1) is 17.3 Å². The van der Waals surface area contributed by atoms with E-state index in [0.29, 0.717) is 0 Å². The monoisotopic (exact) mass is 239 g/mol. The Labute approximate surface area is 104 Å². The first kappa shape index (κ1) is 14.2. The van der Waals surface area contributed by atoms with Crippen molar-refractivity contribution in [2.45, 2.75) is 52.3 Å². The summed E-state index contributed by atoms with van der Waals surface area (Å²) in [6, 6.07) is 2.24. The maximum Gasteiger partial charge on any atom is 0.0857 e. The molecule has 1 aromatic rings. The number of hydrogen-bond acceptors (Lipinski definition) is 3. The molecule has 0 fully saturated rings. The summed E-state index contributed by atoms with van der Waals surface area (Å²) < 4.78 is 7.75. The smallest absolute Gasteiger partial charge is 0.0857 e. The summed E-state index contributed by atoms with van der Waals surface area (Å²) in [6.07, 6.45) is 2.81. The van der Waals surface area contributed by atoms with Crippen molar-refractivity contribution >= 4 is 0 Å². The molecular weight excluding hydrogens is 214 g/mol. The van der Waals surface area contributed by atoms with E-state index in [1.807, 2.05) is 10.9 Å². The molecule has 2 unspecified atom stereocenters. The quantitative estimate of drug-likeness (QED) is 0.794. The van der Waals surface area contributed by atoms with Crippen LogP contribution < -0.4 is 5.32 Å². The van der Waals surface area contributed by atoms with Crippen LogP contribution in [0.5, 0.6) is 0 Å². The van der Waals surface area contributed by atoms with Crippen LogP contribution in [0.1, 0.15) is 45.9 Å². The molecule has 1 rings (SSSR count). The third-order valence-electron chi connectivity index (χ3n) is 3.53. The molecule has 2 atom stereocenters. The Bertz CT molecular complexity index is 331. The number of ether oxygens (including phenoxy) is 1. The van der Waals surface area contributed by atoms with Gasteiger partial charge < -0.3 is 10.1 Å². The number of hydrogen-bond donors (Lipinski definition) is 1. The lowest BCUT2D eigenvalue weighted by atomic mass is 9.90. The molecule has 0 aromatic carbocycles. The highest BCUT2D eigenvalue weighted by Gasteiger charge is 2.35. The van der Waals surface area contributed by atoms with Crippen LogP contribution in [0.2, 0.25) is 0 Å². The minimum absolute atomic E-state index is 0.171. The highest BCUT2D eigenvalue weighted by atomic mass is 16.5. The Morgan fingerprint density at radius 2 is 2.18 bits per heavy atom. The van der Waals surface area contributed by atoms with Gasteiger partial charge in [0, 0.05) is 19.9 Å². The molecule has 0 saturated carbocycles. The SMILES string of the molecule is CCNC(c1ccnn1CC)C(C)(CC)OC. The van der Waals surface area contributed by atoms with Gasteiger partial charge in [-0.05, 0) is 32.9 Å². The summed E-state index contributed by atoms with van der Waals surface area (Å²) in [4.78, 5) is 0. The zero-order valence-electron chi connectivity index (χ0n) is 11.7. The first-order valence-electron chi connectivity index (χ1n) is 6.43. The van der Waals surface area contributed by atoms with Crippen molar-refractivity contribution in [1.82, 2.24) is 15.1 Å². The van der Waals surface area contributed by atoms with E-state index >= 15 is 0 Å². The molecule has 0 amide bonds. The Balaban J connectivity index is 3.08. The number of nitrogens with one attached hydrogen (secondary N) is 1. The van der Waals surface area contributed by atoms with Crippen molar-refractivity contribution in [2.75, 3.05) is 13.7 Å². The molecule has 0 radical (unpaired) electrons. The van der Waals surface area contributed by atoms with E-state index in [9.17, 15) is 0 Å². The Kier molecular flexibility index (Phi) is 5.15. The van der Waals surface area contributed by atoms with E-state index in [0.717, 1.165) is 19.5 Å². The molecule has 0 bridgehead atoms. The number of rotatable bonds is 7. The number of likely N-dealkylation sites (N-methyl/N-ethyl adjacent to an activating group) is 1. The highest BCUT2D eigenvalue weighted by Crippen LogP contribution is 2.31.